The lowest BCUT2D eigenvalue weighted by Gasteiger charge is -2.48. The molecule has 0 aliphatic carbocycles. The molecule has 2 aliphatic rings. The van der Waals surface area contributed by atoms with Crippen molar-refractivity contribution in [2.24, 2.45) is 11.8 Å². The molecule has 3 heterocycles. The zero-order chi connectivity index (χ0) is 16.2. The van der Waals surface area contributed by atoms with E-state index in [1.54, 1.807) is 0 Å². The summed E-state index contributed by atoms with van der Waals surface area (Å²) in [6.45, 7) is 4.32. The normalized spacial score (nSPS) is 28.6. The molecular formula is C18H21Cl3N2. The van der Waals surface area contributed by atoms with Crippen molar-refractivity contribution in [1.82, 2.24) is 9.88 Å². The Kier molecular flexibility index (Phi) is 4.08. The quantitative estimate of drug-likeness (QED) is 0.657. The van der Waals surface area contributed by atoms with Crippen LogP contribution in [0.5, 0.6) is 0 Å². The first-order valence-corrected chi connectivity index (χ1v) is 9.52. The molecular weight excluding hydrogens is 351 g/mol. The van der Waals surface area contributed by atoms with Crippen molar-refractivity contribution in [3.63, 3.8) is 0 Å². The highest BCUT2D eigenvalue weighted by molar-refractivity contribution is 6.67. The molecule has 1 aromatic heterocycles. The highest BCUT2D eigenvalue weighted by atomic mass is 35.6. The molecule has 1 fully saturated rings. The monoisotopic (exact) mass is 370 g/mol. The van der Waals surface area contributed by atoms with E-state index in [1.807, 2.05) is 0 Å². The number of aromatic nitrogens is 1. The Hall–Kier alpha value is -0.410. The lowest BCUT2D eigenvalue weighted by atomic mass is 9.78. The van der Waals surface area contributed by atoms with Crippen LogP contribution in [0.15, 0.2) is 24.3 Å². The van der Waals surface area contributed by atoms with Gasteiger partial charge in [-0.1, -0.05) is 66.3 Å². The Bertz CT molecular complexity index is 719. The van der Waals surface area contributed by atoms with Crippen LogP contribution in [0.2, 0.25) is 0 Å². The third-order valence-electron chi connectivity index (χ3n) is 5.73. The molecule has 124 valence electrons. The Morgan fingerprint density at radius 2 is 2.04 bits per heavy atom. The summed E-state index contributed by atoms with van der Waals surface area (Å²) in [4.78, 5) is 6.23. The molecule has 2 aromatic rings. The minimum Gasteiger partial charge on any atom is -0.357 e. The van der Waals surface area contributed by atoms with Gasteiger partial charge in [-0.2, -0.15) is 0 Å². The zero-order valence-electron chi connectivity index (χ0n) is 13.2. The summed E-state index contributed by atoms with van der Waals surface area (Å²) in [5.41, 5.74) is 4.02. The summed E-state index contributed by atoms with van der Waals surface area (Å²) in [5, 5.41) is 1.35. The third-order valence-corrected chi connectivity index (χ3v) is 6.57. The van der Waals surface area contributed by atoms with Gasteiger partial charge in [0, 0.05) is 35.6 Å². The van der Waals surface area contributed by atoms with Gasteiger partial charge in [0.25, 0.3) is 0 Å². The second-order valence-electron chi connectivity index (χ2n) is 6.88. The molecule has 0 unspecified atom stereocenters. The molecule has 2 nitrogen and oxygen atoms in total. The topological polar surface area (TPSA) is 19.0 Å². The van der Waals surface area contributed by atoms with Crippen LogP contribution in [0.4, 0.5) is 0 Å². The van der Waals surface area contributed by atoms with Gasteiger partial charge in [0.1, 0.15) is 0 Å². The van der Waals surface area contributed by atoms with E-state index in [0.29, 0.717) is 12.0 Å². The van der Waals surface area contributed by atoms with Gasteiger partial charge in [-0.15, -0.1) is 0 Å². The fraction of sp³-hybridized carbons (Fsp3) is 0.556. The number of fused-ring (bicyclic) bond motifs is 5. The van der Waals surface area contributed by atoms with Crippen LogP contribution in [0.1, 0.15) is 37.1 Å². The van der Waals surface area contributed by atoms with Crippen molar-refractivity contribution in [2.75, 3.05) is 13.1 Å². The van der Waals surface area contributed by atoms with Gasteiger partial charge in [0.2, 0.25) is 0 Å². The number of nitrogens with one attached hydrogen (secondary N) is 1. The number of hydrogen-bond acceptors (Lipinski definition) is 1. The average molecular weight is 372 g/mol. The largest absolute Gasteiger partial charge is 0.357 e. The van der Waals surface area contributed by atoms with Gasteiger partial charge in [-0.3, -0.25) is 4.90 Å². The molecule has 5 heteroatoms. The van der Waals surface area contributed by atoms with Crippen LogP contribution < -0.4 is 0 Å². The first kappa shape index (κ1) is 16.1. The molecule has 2 aliphatic heterocycles. The van der Waals surface area contributed by atoms with E-state index in [0.717, 1.165) is 32.4 Å². The lowest BCUT2D eigenvalue weighted by Crippen LogP contribution is -2.48. The maximum Gasteiger partial charge on any atom is 0.193 e. The van der Waals surface area contributed by atoms with Crippen LogP contribution in [0.25, 0.3) is 10.9 Å². The number of piperidine rings is 1. The maximum absolute atomic E-state index is 6.32. The van der Waals surface area contributed by atoms with Crippen LogP contribution >= 0.6 is 34.8 Å². The van der Waals surface area contributed by atoms with Crippen LogP contribution in [0, 0.1) is 11.8 Å². The van der Waals surface area contributed by atoms with Crippen LogP contribution in [-0.2, 0) is 6.42 Å². The average Bonchev–Trinajstić information content (AvgIpc) is 2.91. The summed E-state index contributed by atoms with van der Waals surface area (Å²) < 4.78 is -1.18. The second-order valence-corrected chi connectivity index (χ2v) is 9.24. The van der Waals surface area contributed by atoms with Crippen molar-refractivity contribution in [2.45, 2.75) is 36.0 Å². The molecule has 0 bridgehead atoms. The number of hydrogen-bond donors (Lipinski definition) is 1. The molecule has 0 radical (unpaired) electrons. The van der Waals surface area contributed by atoms with Gasteiger partial charge in [-0.05, 0) is 30.4 Å². The summed E-state index contributed by atoms with van der Waals surface area (Å²) in [6.07, 6.45) is 3.07. The van der Waals surface area contributed by atoms with E-state index < -0.39 is 3.79 Å². The fourth-order valence-corrected chi connectivity index (χ4v) is 5.33. The first-order valence-electron chi connectivity index (χ1n) is 8.39. The van der Waals surface area contributed by atoms with Crippen LogP contribution in [0.3, 0.4) is 0 Å². The molecule has 1 saturated heterocycles. The van der Waals surface area contributed by atoms with E-state index in [9.17, 15) is 0 Å². The predicted octanol–water partition coefficient (Wildman–Crippen LogP) is 5.48. The smallest absolute Gasteiger partial charge is 0.193 e. The van der Waals surface area contributed by atoms with Crippen molar-refractivity contribution < 1.29 is 0 Å². The van der Waals surface area contributed by atoms with Gasteiger partial charge in [0.05, 0.1) is 6.04 Å². The third kappa shape index (κ3) is 2.68. The van der Waals surface area contributed by atoms with Crippen molar-refractivity contribution in [3.05, 3.63) is 35.5 Å². The molecule has 1 aromatic carbocycles. The number of benzene rings is 1. The molecule has 0 spiro atoms. The van der Waals surface area contributed by atoms with Gasteiger partial charge in [-0.25, -0.2) is 0 Å². The van der Waals surface area contributed by atoms with Crippen LogP contribution in [-0.4, -0.2) is 26.8 Å². The highest BCUT2D eigenvalue weighted by Crippen LogP contribution is 2.51. The van der Waals surface area contributed by atoms with Crippen molar-refractivity contribution in [3.8, 4) is 0 Å². The Morgan fingerprint density at radius 1 is 1.26 bits per heavy atom. The molecule has 0 saturated carbocycles. The number of rotatable bonds is 1. The standard InChI is InChI=1S/C18H21Cl3N2/c1-2-11-10-23-8-7-13-12-5-3-4-6-15(12)22-17(13)16(23)9-14(11)18(19,20)21/h3-6,11,14,16,22H,2,7-10H2,1H3/t11-,14+,16-/m1/s1. The summed E-state index contributed by atoms with van der Waals surface area (Å²) in [7, 11) is 0. The van der Waals surface area contributed by atoms with Crippen molar-refractivity contribution in [1.29, 1.82) is 0 Å². The predicted molar refractivity (Wildman–Crippen MR) is 98.5 cm³/mol. The SMILES string of the molecule is CC[C@@H]1CN2CCc3c([nH]c4ccccc34)[C@H]2C[C@@H]1C(Cl)(Cl)Cl. The van der Waals surface area contributed by atoms with E-state index >= 15 is 0 Å². The molecule has 23 heavy (non-hydrogen) atoms. The van der Waals surface area contributed by atoms with Gasteiger partial charge in [0.15, 0.2) is 3.79 Å². The van der Waals surface area contributed by atoms with E-state index in [1.165, 1.54) is 22.2 Å². The Balaban J connectivity index is 1.75. The summed E-state index contributed by atoms with van der Waals surface area (Å²) >= 11 is 19.0. The number of halogens is 3. The summed E-state index contributed by atoms with van der Waals surface area (Å²) in [6, 6.07) is 8.91. The molecule has 1 N–H and O–H groups in total. The van der Waals surface area contributed by atoms with E-state index in [2.05, 4.69) is 41.1 Å². The van der Waals surface area contributed by atoms with E-state index in [-0.39, 0.29) is 5.92 Å². The Morgan fingerprint density at radius 3 is 2.78 bits per heavy atom. The molecule has 0 amide bonds. The second kappa shape index (κ2) is 5.84. The molecule has 4 rings (SSSR count). The minimum absolute atomic E-state index is 0.108. The summed E-state index contributed by atoms with van der Waals surface area (Å²) in [5.74, 6) is 0.556. The van der Waals surface area contributed by atoms with Crippen molar-refractivity contribution >= 4 is 45.7 Å². The van der Waals surface area contributed by atoms with Gasteiger partial charge >= 0.3 is 0 Å². The number of H-pyrrole nitrogens is 1. The van der Waals surface area contributed by atoms with Gasteiger partial charge < -0.3 is 4.98 Å². The highest BCUT2D eigenvalue weighted by Gasteiger charge is 2.46. The number of aromatic amines is 1. The molecule has 3 atom stereocenters. The number of nitrogens with zero attached hydrogens (tertiary/aromatic N) is 1. The Labute approximate surface area is 152 Å². The minimum atomic E-state index is -1.18. The zero-order valence-corrected chi connectivity index (χ0v) is 15.4. The first-order chi connectivity index (χ1) is 11.0. The van der Waals surface area contributed by atoms with E-state index in [4.69, 9.17) is 34.8 Å². The fourth-order valence-electron chi connectivity index (χ4n) is 4.53. The maximum atomic E-state index is 6.32. The number of alkyl halides is 3. The lowest BCUT2D eigenvalue weighted by molar-refractivity contribution is 0.0519. The number of para-hydroxylation sites is 1.